The van der Waals surface area contributed by atoms with Crippen LogP contribution in [-0.2, 0) is 0 Å². The van der Waals surface area contributed by atoms with Crippen LogP contribution >= 0.6 is 0 Å². The predicted octanol–water partition coefficient (Wildman–Crippen LogP) is 3.61. The van der Waals surface area contributed by atoms with E-state index in [1.54, 1.807) is 18.5 Å². The number of amides is 1. The number of benzene rings is 1. The molecule has 1 N–H and O–H groups in total. The first-order chi connectivity index (χ1) is 10.6. The van der Waals surface area contributed by atoms with Crippen molar-refractivity contribution >= 4 is 11.8 Å². The zero-order chi connectivity index (χ0) is 15.5. The Kier molecular flexibility index (Phi) is 3.70. The minimum atomic E-state index is -0.213. The number of aromatic nitrogens is 2. The summed E-state index contributed by atoms with van der Waals surface area (Å²) in [5.74, 6) is 0.0971. The van der Waals surface area contributed by atoms with Crippen LogP contribution in [0.3, 0.4) is 0 Å². The number of hydrogen-bond donors (Lipinski definition) is 1. The van der Waals surface area contributed by atoms with E-state index in [0.29, 0.717) is 17.1 Å². The molecule has 2 aromatic heterocycles. The Labute approximate surface area is 128 Å². The number of rotatable bonds is 3. The largest absolute Gasteiger partial charge is 0.338 e. The van der Waals surface area contributed by atoms with E-state index in [0.717, 1.165) is 16.7 Å². The number of anilines is 1. The molecule has 0 bridgehead atoms. The van der Waals surface area contributed by atoms with Gasteiger partial charge in [0, 0.05) is 29.6 Å². The Bertz CT molecular complexity index is 810. The van der Waals surface area contributed by atoms with Crippen LogP contribution in [0.4, 0.5) is 5.88 Å². The molecule has 1 aromatic carbocycles. The third-order valence-electron chi connectivity index (χ3n) is 3.34. The molecule has 22 heavy (non-hydrogen) atoms. The average Bonchev–Trinajstić information content (AvgIpc) is 2.99. The number of pyridine rings is 1. The molecule has 0 spiro atoms. The second kappa shape index (κ2) is 5.81. The zero-order valence-electron chi connectivity index (χ0n) is 12.3. The molecule has 2 heterocycles. The van der Waals surface area contributed by atoms with Gasteiger partial charge in [-0.05, 0) is 37.6 Å². The molecule has 0 aliphatic rings. The molecule has 5 nitrogen and oxygen atoms in total. The summed E-state index contributed by atoms with van der Waals surface area (Å²) in [4.78, 5) is 16.4. The number of carbonyl (C=O) groups excluding carboxylic acids is 1. The summed E-state index contributed by atoms with van der Waals surface area (Å²) in [7, 11) is 0. The maximum Gasteiger partial charge on any atom is 0.258 e. The van der Waals surface area contributed by atoms with Gasteiger partial charge in [-0.1, -0.05) is 22.9 Å². The molecule has 110 valence electrons. The highest BCUT2D eigenvalue weighted by molar-refractivity contribution is 6.04. The Morgan fingerprint density at radius 3 is 2.82 bits per heavy atom. The monoisotopic (exact) mass is 293 g/mol. The molecule has 0 fully saturated rings. The topological polar surface area (TPSA) is 68.0 Å². The van der Waals surface area contributed by atoms with E-state index in [4.69, 9.17) is 4.52 Å². The highest BCUT2D eigenvalue weighted by Gasteiger charge is 2.13. The van der Waals surface area contributed by atoms with Crippen LogP contribution in [0, 0.1) is 13.8 Å². The molecule has 0 radical (unpaired) electrons. The van der Waals surface area contributed by atoms with Gasteiger partial charge in [0.2, 0.25) is 5.88 Å². The average molecular weight is 293 g/mol. The number of nitrogens with zero attached hydrogens (tertiary/aromatic N) is 2. The van der Waals surface area contributed by atoms with Crippen LogP contribution in [0.25, 0.3) is 11.3 Å². The maximum absolute atomic E-state index is 12.3. The fourth-order valence-corrected chi connectivity index (χ4v) is 2.14. The Hall–Kier alpha value is -2.95. The summed E-state index contributed by atoms with van der Waals surface area (Å²) in [6, 6.07) is 11.1. The Morgan fingerprint density at radius 1 is 1.18 bits per heavy atom. The van der Waals surface area contributed by atoms with E-state index < -0.39 is 0 Å². The van der Waals surface area contributed by atoms with Crippen LogP contribution in [0.5, 0.6) is 0 Å². The third kappa shape index (κ3) is 2.88. The van der Waals surface area contributed by atoms with Crippen molar-refractivity contribution in [2.24, 2.45) is 0 Å². The minimum Gasteiger partial charge on any atom is -0.338 e. The van der Waals surface area contributed by atoms with Crippen molar-refractivity contribution < 1.29 is 9.32 Å². The molecule has 0 saturated carbocycles. The maximum atomic E-state index is 12.3. The smallest absolute Gasteiger partial charge is 0.258 e. The molecule has 3 rings (SSSR count). The van der Waals surface area contributed by atoms with Crippen molar-refractivity contribution in [3.63, 3.8) is 0 Å². The van der Waals surface area contributed by atoms with Crippen molar-refractivity contribution in [2.75, 3.05) is 5.32 Å². The van der Waals surface area contributed by atoms with Gasteiger partial charge in [-0.25, -0.2) is 0 Å². The van der Waals surface area contributed by atoms with Crippen LogP contribution in [0.2, 0.25) is 0 Å². The van der Waals surface area contributed by atoms with Crippen molar-refractivity contribution in [3.05, 3.63) is 65.5 Å². The summed E-state index contributed by atoms with van der Waals surface area (Å²) in [5, 5.41) is 6.67. The van der Waals surface area contributed by atoms with Gasteiger partial charge < -0.3 is 4.52 Å². The zero-order valence-corrected chi connectivity index (χ0v) is 12.3. The number of carbonyl (C=O) groups is 1. The molecule has 0 aliphatic carbocycles. The highest BCUT2D eigenvalue weighted by atomic mass is 16.5. The lowest BCUT2D eigenvalue weighted by Gasteiger charge is -2.05. The van der Waals surface area contributed by atoms with E-state index in [9.17, 15) is 4.79 Å². The summed E-state index contributed by atoms with van der Waals surface area (Å²) in [5.41, 5.74) is 4.03. The van der Waals surface area contributed by atoms with E-state index in [1.807, 2.05) is 44.2 Å². The first-order valence-electron chi connectivity index (χ1n) is 6.89. The van der Waals surface area contributed by atoms with E-state index in [1.165, 1.54) is 0 Å². The lowest BCUT2D eigenvalue weighted by atomic mass is 10.1. The van der Waals surface area contributed by atoms with Gasteiger partial charge in [-0.2, -0.15) is 0 Å². The number of nitrogens with one attached hydrogen (secondary N) is 1. The van der Waals surface area contributed by atoms with E-state index >= 15 is 0 Å². The Morgan fingerprint density at radius 2 is 2.05 bits per heavy atom. The molecule has 0 aliphatic heterocycles. The number of aryl methyl sites for hydroxylation is 2. The fourth-order valence-electron chi connectivity index (χ4n) is 2.14. The van der Waals surface area contributed by atoms with Gasteiger partial charge in [0.15, 0.2) is 0 Å². The third-order valence-corrected chi connectivity index (χ3v) is 3.34. The molecular weight excluding hydrogens is 278 g/mol. The summed E-state index contributed by atoms with van der Waals surface area (Å²) >= 11 is 0. The molecule has 5 heteroatoms. The predicted molar refractivity (Wildman–Crippen MR) is 83.6 cm³/mol. The van der Waals surface area contributed by atoms with E-state index in [2.05, 4.69) is 15.5 Å². The highest BCUT2D eigenvalue weighted by Crippen LogP contribution is 2.21. The first-order valence-corrected chi connectivity index (χ1v) is 6.89. The molecular formula is C17H15N3O2. The molecule has 0 saturated heterocycles. The van der Waals surface area contributed by atoms with Gasteiger partial charge in [-0.15, -0.1) is 0 Å². The molecule has 1 amide bonds. The SMILES string of the molecule is Cc1ccc(C)c(C(=O)Nc2cc(-c3cccnc3)no2)c1. The quantitative estimate of drug-likeness (QED) is 0.801. The van der Waals surface area contributed by atoms with Crippen LogP contribution < -0.4 is 5.32 Å². The van der Waals surface area contributed by atoms with Crippen LogP contribution in [0.1, 0.15) is 21.5 Å². The standard InChI is InChI=1S/C17H15N3O2/c1-11-5-6-12(2)14(8-11)17(21)19-16-9-15(20-22-16)13-4-3-7-18-10-13/h3-10H,1-2H3,(H,19,21). The van der Waals surface area contributed by atoms with Gasteiger partial charge in [0.25, 0.3) is 5.91 Å². The van der Waals surface area contributed by atoms with Gasteiger partial charge in [-0.3, -0.25) is 15.1 Å². The summed E-state index contributed by atoms with van der Waals surface area (Å²) < 4.78 is 5.17. The van der Waals surface area contributed by atoms with Gasteiger partial charge in [0.1, 0.15) is 5.69 Å². The fraction of sp³-hybridized carbons (Fsp3) is 0.118. The van der Waals surface area contributed by atoms with Crippen molar-refractivity contribution in [1.82, 2.24) is 10.1 Å². The lowest BCUT2D eigenvalue weighted by molar-refractivity contribution is 0.102. The van der Waals surface area contributed by atoms with E-state index in [-0.39, 0.29) is 5.91 Å². The lowest BCUT2D eigenvalue weighted by Crippen LogP contribution is -2.13. The van der Waals surface area contributed by atoms with Gasteiger partial charge >= 0.3 is 0 Å². The van der Waals surface area contributed by atoms with Crippen LogP contribution in [-0.4, -0.2) is 16.0 Å². The molecule has 0 atom stereocenters. The number of hydrogen-bond acceptors (Lipinski definition) is 4. The normalized spacial score (nSPS) is 10.5. The molecule has 3 aromatic rings. The summed E-state index contributed by atoms with van der Waals surface area (Å²) in [6.45, 7) is 3.85. The van der Waals surface area contributed by atoms with Crippen molar-refractivity contribution in [3.8, 4) is 11.3 Å². The first kappa shape index (κ1) is 14.0. The Balaban J connectivity index is 1.81. The van der Waals surface area contributed by atoms with Crippen molar-refractivity contribution in [1.29, 1.82) is 0 Å². The summed E-state index contributed by atoms with van der Waals surface area (Å²) in [6.07, 6.45) is 3.38. The second-order valence-electron chi connectivity index (χ2n) is 5.09. The van der Waals surface area contributed by atoms with Crippen LogP contribution in [0.15, 0.2) is 53.3 Å². The second-order valence-corrected chi connectivity index (χ2v) is 5.09. The minimum absolute atomic E-state index is 0.213. The molecule has 0 unspecified atom stereocenters. The van der Waals surface area contributed by atoms with Crippen molar-refractivity contribution in [2.45, 2.75) is 13.8 Å². The van der Waals surface area contributed by atoms with Gasteiger partial charge in [0.05, 0.1) is 0 Å².